The number of aromatic nitrogens is 2. The first-order valence-electron chi connectivity index (χ1n) is 9.11. The molecular formula is C22H22N4O4. The van der Waals surface area contributed by atoms with Gasteiger partial charge in [0.1, 0.15) is 12.4 Å². The van der Waals surface area contributed by atoms with Crippen molar-refractivity contribution in [2.75, 3.05) is 20.8 Å². The van der Waals surface area contributed by atoms with Gasteiger partial charge in [-0.25, -0.2) is 0 Å². The van der Waals surface area contributed by atoms with Crippen molar-refractivity contribution in [1.29, 1.82) is 0 Å². The van der Waals surface area contributed by atoms with E-state index in [1.54, 1.807) is 24.3 Å². The van der Waals surface area contributed by atoms with Crippen LogP contribution in [0, 0.1) is 0 Å². The van der Waals surface area contributed by atoms with Gasteiger partial charge in [0.05, 0.1) is 25.8 Å². The molecule has 0 bridgehead atoms. The summed E-state index contributed by atoms with van der Waals surface area (Å²) in [5.41, 5.74) is 7.70. The van der Waals surface area contributed by atoms with Crippen LogP contribution in [-0.4, -0.2) is 36.6 Å². The van der Waals surface area contributed by atoms with Crippen LogP contribution in [0.3, 0.4) is 0 Å². The Morgan fingerprint density at radius 2 is 1.63 bits per heavy atom. The van der Waals surface area contributed by atoms with Gasteiger partial charge in [0, 0.05) is 0 Å². The topological polar surface area (TPSA) is 101 Å². The van der Waals surface area contributed by atoms with Crippen molar-refractivity contribution in [3.63, 3.8) is 0 Å². The molecule has 154 valence electrons. The lowest BCUT2D eigenvalue weighted by Gasteiger charge is -2.10. The van der Waals surface area contributed by atoms with Crippen LogP contribution in [0.4, 0.5) is 0 Å². The average molecular weight is 406 g/mol. The van der Waals surface area contributed by atoms with Gasteiger partial charge in [-0.2, -0.15) is 9.97 Å². The number of nitrogens with zero attached hydrogens (tertiary/aromatic N) is 3. The minimum atomic E-state index is 0.0539. The minimum Gasteiger partial charge on any atom is -0.481 e. The Hall–Kier alpha value is -4.07. The molecule has 30 heavy (non-hydrogen) atoms. The number of oxime groups is 1. The SMILES string of the molecule is COc1cc(OC)nc(Oc2ccccc2/C(N)=N/OC/C=C/c2ccccc2)n1. The summed E-state index contributed by atoms with van der Waals surface area (Å²) in [4.78, 5) is 13.6. The standard InChI is InChI=1S/C22H22N4O4/c1-27-19-15-20(28-2)25-22(24-19)30-18-13-7-6-12-17(18)21(23)26-29-14-8-11-16-9-4-3-5-10-16/h3-13,15H,14H2,1-2H3,(H2,23,26)/b11-8+. The van der Waals surface area contributed by atoms with Crippen LogP contribution in [-0.2, 0) is 4.84 Å². The van der Waals surface area contributed by atoms with Crippen molar-refractivity contribution < 1.29 is 19.0 Å². The second-order valence-corrected chi connectivity index (χ2v) is 5.92. The molecular weight excluding hydrogens is 384 g/mol. The molecule has 0 saturated carbocycles. The Morgan fingerprint density at radius 3 is 2.33 bits per heavy atom. The Labute approximate surface area is 174 Å². The van der Waals surface area contributed by atoms with E-state index >= 15 is 0 Å². The number of ether oxygens (including phenoxy) is 3. The summed E-state index contributed by atoms with van der Waals surface area (Å²) in [6.45, 7) is 0.273. The van der Waals surface area contributed by atoms with E-state index in [0.717, 1.165) is 5.56 Å². The van der Waals surface area contributed by atoms with Crippen LogP contribution in [0.25, 0.3) is 6.08 Å². The van der Waals surface area contributed by atoms with Crippen molar-refractivity contribution in [3.05, 3.63) is 77.9 Å². The fourth-order valence-corrected chi connectivity index (χ4v) is 2.45. The summed E-state index contributed by atoms with van der Waals surface area (Å²) in [5, 5.41) is 3.97. The second kappa shape index (κ2) is 10.5. The van der Waals surface area contributed by atoms with E-state index in [-0.39, 0.29) is 18.5 Å². The van der Waals surface area contributed by atoms with Gasteiger partial charge in [-0.1, -0.05) is 53.7 Å². The third-order valence-corrected chi connectivity index (χ3v) is 3.88. The molecule has 3 aromatic rings. The van der Waals surface area contributed by atoms with E-state index in [1.165, 1.54) is 14.2 Å². The maximum Gasteiger partial charge on any atom is 0.328 e. The molecule has 0 unspecified atom stereocenters. The monoisotopic (exact) mass is 406 g/mol. The highest BCUT2D eigenvalue weighted by atomic mass is 16.6. The molecule has 1 aromatic heterocycles. The van der Waals surface area contributed by atoms with Crippen molar-refractivity contribution in [2.24, 2.45) is 10.9 Å². The zero-order chi connectivity index (χ0) is 21.2. The minimum absolute atomic E-state index is 0.0539. The third kappa shape index (κ3) is 5.71. The van der Waals surface area contributed by atoms with E-state index in [0.29, 0.717) is 23.1 Å². The number of para-hydroxylation sites is 1. The maximum atomic E-state index is 6.09. The molecule has 3 rings (SSSR count). The van der Waals surface area contributed by atoms with Gasteiger partial charge in [0.2, 0.25) is 11.8 Å². The van der Waals surface area contributed by atoms with Crippen LogP contribution < -0.4 is 19.9 Å². The summed E-state index contributed by atoms with van der Waals surface area (Å²) in [6.07, 6.45) is 3.79. The van der Waals surface area contributed by atoms with Gasteiger partial charge in [-0.15, -0.1) is 0 Å². The molecule has 8 heteroatoms. The van der Waals surface area contributed by atoms with E-state index < -0.39 is 0 Å². The van der Waals surface area contributed by atoms with E-state index in [1.807, 2.05) is 48.6 Å². The molecule has 8 nitrogen and oxygen atoms in total. The highest BCUT2D eigenvalue weighted by Gasteiger charge is 2.12. The quantitative estimate of drug-likeness (QED) is 0.251. The summed E-state index contributed by atoms with van der Waals surface area (Å²) in [7, 11) is 2.99. The van der Waals surface area contributed by atoms with Crippen LogP contribution in [0.15, 0.2) is 71.9 Å². The van der Waals surface area contributed by atoms with E-state index in [2.05, 4.69) is 15.1 Å². The normalized spacial score (nSPS) is 11.3. The third-order valence-electron chi connectivity index (χ3n) is 3.88. The second-order valence-electron chi connectivity index (χ2n) is 5.92. The molecule has 0 fully saturated rings. The zero-order valence-electron chi connectivity index (χ0n) is 16.7. The molecule has 0 aliphatic carbocycles. The number of benzene rings is 2. The van der Waals surface area contributed by atoms with Gasteiger partial charge >= 0.3 is 6.01 Å². The summed E-state index contributed by atoms with van der Waals surface area (Å²) >= 11 is 0. The fraction of sp³-hybridized carbons (Fsp3) is 0.136. The predicted octanol–water partition coefficient (Wildman–Crippen LogP) is 3.64. The molecule has 2 aromatic carbocycles. The van der Waals surface area contributed by atoms with Gasteiger partial charge in [0.15, 0.2) is 5.84 Å². The van der Waals surface area contributed by atoms with Crippen LogP contribution in [0.5, 0.6) is 23.5 Å². The van der Waals surface area contributed by atoms with Crippen molar-refractivity contribution >= 4 is 11.9 Å². The predicted molar refractivity (Wildman–Crippen MR) is 114 cm³/mol. The molecule has 0 spiro atoms. The Balaban J connectivity index is 1.69. The highest BCUT2D eigenvalue weighted by molar-refractivity contribution is 5.99. The molecule has 0 aliphatic rings. The van der Waals surface area contributed by atoms with E-state index in [4.69, 9.17) is 24.8 Å². The first kappa shape index (κ1) is 20.7. The number of hydrogen-bond acceptors (Lipinski definition) is 7. The first-order valence-corrected chi connectivity index (χ1v) is 9.11. The summed E-state index contributed by atoms with van der Waals surface area (Å²) in [6, 6.07) is 18.6. The lowest BCUT2D eigenvalue weighted by molar-refractivity contribution is 0.175. The molecule has 0 atom stereocenters. The lowest BCUT2D eigenvalue weighted by Crippen LogP contribution is -2.15. The van der Waals surface area contributed by atoms with Gasteiger partial charge < -0.3 is 24.8 Å². The molecule has 0 aliphatic heterocycles. The largest absolute Gasteiger partial charge is 0.481 e. The number of nitrogens with two attached hydrogens (primary N) is 1. The first-order chi connectivity index (χ1) is 14.7. The highest BCUT2D eigenvalue weighted by Crippen LogP contribution is 2.26. The van der Waals surface area contributed by atoms with Gasteiger partial charge in [-0.05, 0) is 23.8 Å². The van der Waals surface area contributed by atoms with Crippen molar-refractivity contribution in [2.45, 2.75) is 0 Å². The Bertz CT molecular complexity index is 1000. The van der Waals surface area contributed by atoms with E-state index in [9.17, 15) is 0 Å². The van der Waals surface area contributed by atoms with Crippen LogP contribution in [0.1, 0.15) is 11.1 Å². The summed E-state index contributed by atoms with van der Waals surface area (Å²) in [5.74, 6) is 1.19. The lowest BCUT2D eigenvalue weighted by atomic mass is 10.2. The average Bonchev–Trinajstić information content (AvgIpc) is 2.79. The molecule has 0 saturated heterocycles. The molecule has 2 N–H and O–H groups in total. The smallest absolute Gasteiger partial charge is 0.328 e. The zero-order valence-corrected chi connectivity index (χ0v) is 16.7. The fourth-order valence-electron chi connectivity index (χ4n) is 2.45. The van der Waals surface area contributed by atoms with Crippen LogP contribution >= 0.6 is 0 Å². The number of hydrogen-bond donors (Lipinski definition) is 1. The van der Waals surface area contributed by atoms with Crippen molar-refractivity contribution in [1.82, 2.24) is 9.97 Å². The summed E-state index contributed by atoms with van der Waals surface area (Å²) < 4.78 is 16.1. The molecule has 0 radical (unpaired) electrons. The Morgan fingerprint density at radius 1 is 0.967 bits per heavy atom. The number of rotatable bonds is 9. The maximum absolute atomic E-state index is 6.09. The van der Waals surface area contributed by atoms with Gasteiger partial charge in [-0.3, -0.25) is 0 Å². The molecule has 1 heterocycles. The van der Waals surface area contributed by atoms with Gasteiger partial charge in [0.25, 0.3) is 0 Å². The Kier molecular flexibility index (Phi) is 7.21. The number of methoxy groups -OCH3 is 2. The van der Waals surface area contributed by atoms with Crippen molar-refractivity contribution in [3.8, 4) is 23.5 Å². The number of amidine groups is 1. The molecule has 0 amide bonds. The van der Waals surface area contributed by atoms with Crippen LogP contribution in [0.2, 0.25) is 0 Å².